The van der Waals surface area contributed by atoms with Gasteiger partial charge in [0.25, 0.3) is 0 Å². The van der Waals surface area contributed by atoms with Crippen LogP contribution in [0.15, 0.2) is 30.6 Å². The van der Waals surface area contributed by atoms with Crippen LogP contribution in [0.2, 0.25) is 0 Å². The van der Waals surface area contributed by atoms with E-state index in [0.717, 1.165) is 22.4 Å². The second-order valence-corrected chi connectivity index (χ2v) is 4.77. The van der Waals surface area contributed by atoms with Gasteiger partial charge in [0.2, 0.25) is 0 Å². The van der Waals surface area contributed by atoms with Crippen LogP contribution in [-0.4, -0.2) is 41.5 Å². The molecular formula is C15H21N3O2. The highest BCUT2D eigenvalue weighted by Crippen LogP contribution is 2.35. The minimum atomic E-state index is 0.0381. The van der Waals surface area contributed by atoms with E-state index < -0.39 is 0 Å². The number of rotatable bonds is 6. The highest BCUT2D eigenvalue weighted by atomic mass is 16.3. The maximum absolute atomic E-state index is 9.24. The summed E-state index contributed by atoms with van der Waals surface area (Å²) in [6.45, 7) is 3.02. The summed E-state index contributed by atoms with van der Waals surface area (Å²) >= 11 is 0. The quantitative estimate of drug-likeness (QED) is 0.600. The molecule has 5 heteroatoms. The molecule has 0 aliphatic rings. The number of hydrogen-bond donors (Lipinski definition) is 4. The Balaban J connectivity index is 2.54. The van der Waals surface area contributed by atoms with Crippen molar-refractivity contribution in [3.05, 3.63) is 36.2 Å². The Morgan fingerprint density at radius 1 is 1.20 bits per heavy atom. The van der Waals surface area contributed by atoms with E-state index in [1.165, 1.54) is 0 Å². The number of nitrogens with two attached hydrogens (primary N) is 1. The van der Waals surface area contributed by atoms with Crippen molar-refractivity contribution in [1.82, 2.24) is 4.98 Å². The van der Waals surface area contributed by atoms with Crippen LogP contribution in [0.5, 0.6) is 0 Å². The molecule has 5 nitrogen and oxygen atoms in total. The highest BCUT2D eigenvalue weighted by Gasteiger charge is 2.16. The number of aliphatic hydroxyl groups excluding tert-OH is 2. The molecule has 0 saturated heterocycles. The maximum atomic E-state index is 9.24. The molecule has 0 saturated carbocycles. The van der Waals surface area contributed by atoms with Crippen LogP contribution in [0.3, 0.4) is 0 Å². The van der Waals surface area contributed by atoms with Gasteiger partial charge in [-0.1, -0.05) is 0 Å². The molecule has 0 fully saturated rings. The summed E-state index contributed by atoms with van der Waals surface area (Å²) in [6, 6.07) is 5.81. The van der Waals surface area contributed by atoms with Crippen LogP contribution in [0.4, 0.5) is 11.4 Å². The summed E-state index contributed by atoms with van der Waals surface area (Å²) < 4.78 is 0. The number of H-pyrrole nitrogens is 1. The number of nitrogens with zero attached hydrogens (tertiary/aromatic N) is 1. The zero-order chi connectivity index (χ0) is 14.5. The molecule has 1 heterocycles. The van der Waals surface area contributed by atoms with Crippen LogP contribution in [0.25, 0.3) is 11.1 Å². The number of nitrogens with one attached hydrogen (secondary N) is 1. The number of nitrogen functional groups attached to an aromatic ring is 1. The topological polar surface area (TPSA) is 85.5 Å². The van der Waals surface area contributed by atoms with Gasteiger partial charge in [-0.15, -0.1) is 0 Å². The van der Waals surface area contributed by atoms with Crippen molar-refractivity contribution in [2.24, 2.45) is 0 Å². The Bertz CT molecular complexity index is 546. The van der Waals surface area contributed by atoms with Crippen molar-refractivity contribution in [2.45, 2.75) is 6.92 Å². The van der Waals surface area contributed by atoms with Gasteiger partial charge in [0.15, 0.2) is 0 Å². The average molecular weight is 275 g/mol. The fraction of sp³-hybridized carbons (Fsp3) is 0.333. The van der Waals surface area contributed by atoms with Gasteiger partial charge in [0, 0.05) is 48.0 Å². The second kappa shape index (κ2) is 6.45. The summed E-state index contributed by atoms with van der Waals surface area (Å²) in [5, 5.41) is 18.5. The number of aliphatic hydroxyl groups is 2. The van der Waals surface area contributed by atoms with Gasteiger partial charge in [-0.3, -0.25) is 0 Å². The first-order chi connectivity index (χ1) is 9.67. The number of aromatic nitrogens is 1. The van der Waals surface area contributed by atoms with Crippen LogP contribution < -0.4 is 10.6 Å². The Morgan fingerprint density at radius 3 is 2.45 bits per heavy atom. The molecule has 0 bridgehead atoms. The lowest BCUT2D eigenvalue weighted by Gasteiger charge is -2.28. The predicted molar refractivity (Wildman–Crippen MR) is 81.8 cm³/mol. The first-order valence-corrected chi connectivity index (χ1v) is 6.67. The molecule has 2 rings (SSSR count). The molecule has 0 amide bonds. The van der Waals surface area contributed by atoms with Crippen LogP contribution in [0.1, 0.15) is 5.56 Å². The average Bonchev–Trinajstić information content (AvgIpc) is 2.91. The third kappa shape index (κ3) is 2.95. The first-order valence-electron chi connectivity index (χ1n) is 6.67. The van der Waals surface area contributed by atoms with Gasteiger partial charge >= 0.3 is 0 Å². The SMILES string of the molecule is Cc1cc(N)cc(-c2cc[nH]c2)c1N(CCO)CCO. The van der Waals surface area contributed by atoms with Gasteiger partial charge in [0.05, 0.1) is 13.2 Å². The van der Waals surface area contributed by atoms with Crippen molar-refractivity contribution < 1.29 is 10.2 Å². The number of hydrogen-bond acceptors (Lipinski definition) is 4. The molecule has 0 atom stereocenters. The molecule has 0 spiro atoms. The summed E-state index contributed by atoms with van der Waals surface area (Å²) in [5.41, 5.74) is 10.7. The monoisotopic (exact) mass is 275 g/mol. The molecule has 0 unspecified atom stereocenters. The summed E-state index contributed by atoms with van der Waals surface area (Å²) in [7, 11) is 0. The van der Waals surface area contributed by atoms with Crippen molar-refractivity contribution in [1.29, 1.82) is 0 Å². The Kier molecular flexibility index (Phi) is 4.65. The van der Waals surface area contributed by atoms with Crippen molar-refractivity contribution >= 4 is 11.4 Å². The van der Waals surface area contributed by atoms with Crippen molar-refractivity contribution in [3.8, 4) is 11.1 Å². The van der Waals surface area contributed by atoms with Gasteiger partial charge in [-0.2, -0.15) is 0 Å². The third-order valence-corrected chi connectivity index (χ3v) is 3.29. The molecule has 0 radical (unpaired) electrons. The van der Waals surface area contributed by atoms with E-state index in [1.54, 1.807) is 0 Å². The largest absolute Gasteiger partial charge is 0.399 e. The molecule has 2 aromatic rings. The molecule has 1 aromatic heterocycles. The molecule has 0 aliphatic heterocycles. The minimum Gasteiger partial charge on any atom is -0.399 e. The summed E-state index contributed by atoms with van der Waals surface area (Å²) in [5.74, 6) is 0. The Hall–Kier alpha value is -1.98. The number of benzene rings is 1. The van der Waals surface area contributed by atoms with E-state index in [-0.39, 0.29) is 13.2 Å². The van der Waals surface area contributed by atoms with E-state index >= 15 is 0 Å². The van der Waals surface area contributed by atoms with E-state index in [4.69, 9.17) is 5.73 Å². The van der Waals surface area contributed by atoms with E-state index in [0.29, 0.717) is 18.8 Å². The fourth-order valence-corrected chi connectivity index (χ4v) is 2.52. The van der Waals surface area contributed by atoms with Crippen LogP contribution in [-0.2, 0) is 0 Å². The molecular weight excluding hydrogens is 254 g/mol. The third-order valence-electron chi connectivity index (χ3n) is 3.29. The summed E-state index contributed by atoms with van der Waals surface area (Å²) in [6.07, 6.45) is 3.77. The Morgan fingerprint density at radius 2 is 1.90 bits per heavy atom. The predicted octanol–water partition coefficient (Wildman–Crippen LogP) is 1.36. The van der Waals surface area contributed by atoms with Crippen molar-refractivity contribution in [2.75, 3.05) is 36.9 Å². The van der Waals surface area contributed by atoms with Gasteiger partial charge in [-0.25, -0.2) is 0 Å². The lowest BCUT2D eigenvalue weighted by molar-refractivity contribution is 0.281. The lowest BCUT2D eigenvalue weighted by Crippen LogP contribution is -2.30. The normalized spacial score (nSPS) is 10.8. The molecule has 5 N–H and O–H groups in total. The van der Waals surface area contributed by atoms with E-state index in [9.17, 15) is 10.2 Å². The molecule has 0 aliphatic carbocycles. The molecule has 20 heavy (non-hydrogen) atoms. The first kappa shape index (κ1) is 14.4. The van der Waals surface area contributed by atoms with Crippen LogP contribution >= 0.6 is 0 Å². The maximum Gasteiger partial charge on any atom is 0.0606 e. The summed E-state index contributed by atoms with van der Waals surface area (Å²) in [4.78, 5) is 5.02. The van der Waals surface area contributed by atoms with Gasteiger partial charge < -0.3 is 25.8 Å². The molecule has 108 valence electrons. The lowest BCUT2D eigenvalue weighted by atomic mass is 10.0. The molecule has 1 aromatic carbocycles. The zero-order valence-electron chi connectivity index (χ0n) is 11.6. The highest BCUT2D eigenvalue weighted by molar-refractivity contribution is 5.83. The number of aromatic amines is 1. The van der Waals surface area contributed by atoms with Crippen LogP contribution in [0, 0.1) is 6.92 Å². The van der Waals surface area contributed by atoms with E-state index in [2.05, 4.69) is 4.98 Å². The standard InChI is InChI=1S/C15H21N3O2/c1-11-8-13(16)9-14(12-2-3-17-10-12)15(11)18(4-6-19)5-7-20/h2-3,8-10,17,19-20H,4-7,16H2,1H3. The fourth-order valence-electron chi connectivity index (χ4n) is 2.52. The van der Waals surface area contributed by atoms with Gasteiger partial charge in [0.1, 0.15) is 0 Å². The minimum absolute atomic E-state index is 0.0381. The van der Waals surface area contributed by atoms with Gasteiger partial charge in [-0.05, 0) is 30.7 Å². The van der Waals surface area contributed by atoms with E-state index in [1.807, 2.05) is 42.4 Å². The Labute approximate surface area is 118 Å². The smallest absolute Gasteiger partial charge is 0.0606 e. The second-order valence-electron chi connectivity index (χ2n) is 4.77. The number of anilines is 2. The number of aryl methyl sites for hydroxylation is 1. The van der Waals surface area contributed by atoms with Crippen molar-refractivity contribution in [3.63, 3.8) is 0 Å². The zero-order valence-corrected chi connectivity index (χ0v) is 11.6.